The summed E-state index contributed by atoms with van der Waals surface area (Å²) in [5.74, 6) is 0.733. The molecule has 0 aromatic heterocycles. The van der Waals surface area contributed by atoms with Crippen LogP contribution >= 0.6 is 0 Å². The van der Waals surface area contributed by atoms with Gasteiger partial charge in [-0.05, 0) is 47.2 Å². The molecule has 0 fully saturated rings. The second kappa shape index (κ2) is 9.75. The largest absolute Gasteiger partial charge is 0.426 e. The van der Waals surface area contributed by atoms with Crippen molar-refractivity contribution < 1.29 is 19.1 Å². The van der Waals surface area contributed by atoms with E-state index < -0.39 is 0 Å². The predicted molar refractivity (Wildman–Crippen MR) is 130 cm³/mol. The molecule has 0 bridgehead atoms. The monoisotopic (exact) mass is 448 g/mol. The number of rotatable bonds is 2. The molecule has 2 aliphatic heterocycles. The van der Waals surface area contributed by atoms with Crippen molar-refractivity contribution in [1.82, 2.24) is 0 Å². The Balaban J connectivity index is 0.000000142. The van der Waals surface area contributed by atoms with E-state index in [0.29, 0.717) is 11.5 Å². The molecule has 4 aromatic rings. The second-order valence-corrected chi connectivity index (χ2v) is 8.39. The van der Waals surface area contributed by atoms with E-state index in [-0.39, 0.29) is 23.8 Å². The Morgan fingerprint density at radius 2 is 0.824 bits per heavy atom. The molecule has 0 N–H and O–H groups in total. The zero-order valence-electron chi connectivity index (χ0n) is 18.6. The Morgan fingerprint density at radius 1 is 0.471 bits per heavy atom. The van der Waals surface area contributed by atoms with Crippen molar-refractivity contribution in [2.45, 2.75) is 24.7 Å². The first-order valence-electron chi connectivity index (χ1n) is 11.4. The van der Waals surface area contributed by atoms with Crippen LogP contribution < -0.4 is 9.47 Å². The average molecular weight is 449 g/mol. The van der Waals surface area contributed by atoms with Crippen LogP contribution in [0.2, 0.25) is 0 Å². The Hall–Kier alpha value is -4.18. The van der Waals surface area contributed by atoms with Crippen LogP contribution in [-0.2, 0) is 22.4 Å². The molecule has 0 radical (unpaired) electrons. The van der Waals surface area contributed by atoms with Gasteiger partial charge in [0.15, 0.2) is 0 Å². The van der Waals surface area contributed by atoms with E-state index >= 15 is 0 Å². The summed E-state index contributed by atoms with van der Waals surface area (Å²) in [4.78, 5) is 23.9. The van der Waals surface area contributed by atoms with Gasteiger partial charge in [-0.25, -0.2) is 0 Å². The van der Waals surface area contributed by atoms with Crippen molar-refractivity contribution in [2.24, 2.45) is 0 Å². The number of para-hydroxylation sites is 2. The van der Waals surface area contributed by atoms with E-state index in [0.717, 1.165) is 35.1 Å². The lowest BCUT2D eigenvalue weighted by molar-refractivity contribution is -0.138. The minimum Gasteiger partial charge on any atom is -0.426 e. The van der Waals surface area contributed by atoms with Gasteiger partial charge in [0.1, 0.15) is 11.5 Å². The molecule has 0 spiro atoms. The fourth-order valence-corrected chi connectivity index (χ4v) is 4.39. The third-order valence-corrected chi connectivity index (χ3v) is 6.19. The van der Waals surface area contributed by atoms with Crippen LogP contribution in [0.1, 0.15) is 34.1 Å². The lowest BCUT2D eigenvalue weighted by Crippen LogP contribution is -2.25. The average Bonchev–Trinajstić information content (AvgIpc) is 2.89. The molecular formula is C30H24O4. The first kappa shape index (κ1) is 21.7. The highest BCUT2D eigenvalue weighted by atomic mass is 16.5. The van der Waals surface area contributed by atoms with Crippen molar-refractivity contribution in [3.05, 3.63) is 131 Å². The van der Waals surface area contributed by atoms with Crippen LogP contribution in [0.3, 0.4) is 0 Å². The van der Waals surface area contributed by atoms with E-state index in [2.05, 4.69) is 0 Å². The van der Waals surface area contributed by atoms with E-state index in [4.69, 9.17) is 9.47 Å². The minimum absolute atomic E-state index is 0.157. The van der Waals surface area contributed by atoms with Crippen molar-refractivity contribution in [2.75, 3.05) is 0 Å². The molecule has 34 heavy (non-hydrogen) atoms. The molecule has 6 rings (SSSR count). The normalized spacial score (nSPS) is 18.4. The number of hydrogen-bond donors (Lipinski definition) is 0. The fraction of sp³-hybridized carbons (Fsp3) is 0.133. The predicted octanol–water partition coefficient (Wildman–Crippen LogP) is 5.86. The highest BCUT2D eigenvalue weighted by Gasteiger charge is 2.30. The number of ether oxygens (including phenoxy) is 2. The van der Waals surface area contributed by atoms with Gasteiger partial charge in [-0.3, -0.25) is 9.59 Å². The number of carbonyl (C=O) groups excluding carboxylic acids is 2. The first-order chi connectivity index (χ1) is 16.7. The van der Waals surface area contributed by atoms with Crippen molar-refractivity contribution in [1.29, 1.82) is 0 Å². The lowest BCUT2D eigenvalue weighted by atomic mass is 9.90. The molecule has 0 saturated heterocycles. The molecule has 2 unspecified atom stereocenters. The highest BCUT2D eigenvalue weighted by Crippen LogP contribution is 2.34. The van der Waals surface area contributed by atoms with Crippen LogP contribution in [-0.4, -0.2) is 11.9 Å². The number of esters is 2. The molecule has 0 saturated carbocycles. The third kappa shape index (κ3) is 4.62. The second-order valence-electron chi connectivity index (χ2n) is 8.39. The van der Waals surface area contributed by atoms with Crippen LogP contribution in [0.25, 0.3) is 0 Å². The molecule has 4 nitrogen and oxygen atoms in total. The zero-order valence-corrected chi connectivity index (χ0v) is 18.6. The number of fused-ring (bicyclic) bond motifs is 2. The van der Waals surface area contributed by atoms with Gasteiger partial charge in [0.05, 0.1) is 11.8 Å². The summed E-state index contributed by atoms with van der Waals surface area (Å²) < 4.78 is 10.7. The van der Waals surface area contributed by atoms with Crippen molar-refractivity contribution in [3.8, 4) is 11.5 Å². The summed E-state index contributed by atoms with van der Waals surface area (Å²) in [6.45, 7) is 0. The van der Waals surface area contributed by atoms with Crippen LogP contribution in [0.15, 0.2) is 109 Å². The van der Waals surface area contributed by atoms with Crippen molar-refractivity contribution >= 4 is 11.9 Å². The maximum Gasteiger partial charge on any atom is 0.319 e. The summed E-state index contributed by atoms with van der Waals surface area (Å²) in [6, 6.07) is 35.0. The van der Waals surface area contributed by atoms with Gasteiger partial charge >= 0.3 is 11.9 Å². The molecule has 2 aliphatic rings. The zero-order chi connectivity index (χ0) is 23.3. The van der Waals surface area contributed by atoms with Crippen LogP contribution in [0.5, 0.6) is 11.5 Å². The lowest BCUT2D eigenvalue weighted by Gasteiger charge is -2.23. The molecule has 0 amide bonds. The van der Waals surface area contributed by atoms with Gasteiger partial charge in [-0.15, -0.1) is 0 Å². The summed E-state index contributed by atoms with van der Waals surface area (Å²) in [7, 11) is 0. The Bertz CT molecular complexity index is 1190. The Morgan fingerprint density at radius 3 is 1.24 bits per heavy atom. The van der Waals surface area contributed by atoms with Gasteiger partial charge in [0, 0.05) is 0 Å². The Labute approximate surface area is 198 Å². The van der Waals surface area contributed by atoms with Crippen LogP contribution in [0, 0.1) is 0 Å². The highest BCUT2D eigenvalue weighted by molar-refractivity contribution is 5.83. The van der Waals surface area contributed by atoms with E-state index in [1.54, 1.807) is 0 Å². The molecule has 2 heterocycles. The fourth-order valence-electron chi connectivity index (χ4n) is 4.39. The quantitative estimate of drug-likeness (QED) is 0.285. The standard InChI is InChI=1S/2C15H12O2/c2*16-15-13(11-6-2-1-3-7-11)10-12-8-4-5-9-14(12)17-15/h2*1-9,13H,10H2. The van der Waals surface area contributed by atoms with E-state index in [1.807, 2.05) is 109 Å². The third-order valence-electron chi connectivity index (χ3n) is 6.19. The number of carbonyl (C=O) groups is 2. The summed E-state index contributed by atoms with van der Waals surface area (Å²) >= 11 is 0. The number of hydrogen-bond acceptors (Lipinski definition) is 4. The van der Waals surface area contributed by atoms with E-state index in [1.165, 1.54) is 0 Å². The van der Waals surface area contributed by atoms with Gasteiger partial charge in [0.25, 0.3) is 0 Å². The van der Waals surface area contributed by atoms with Gasteiger partial charge < -0.3 is 9.47 Å². The first-order valence-corrected chi connectivity index (χ1v) is 11.4. The molecule has 168 valence electrons. The topological polar surface area (TPSA) is 52.6 Å². The molecule has 4 heteroatoms. The number of benzene rings is 4. The Kier molecular flexibility index (Phi) is 6.21. The van der Waals surface area contributed by atoms with Crippen LogP contribution in [0.4, 0.5) is 0 Å². The summed E-state index contributed by atoms with van der Waals surface area (Å²) in [5.41, 5.74) is 4.24. The molecule has 2 atom stereocenters. The smallest absolute Gasteiger partial charge is 0.319 e. The van der Waals surface area contributed by atoms with Gasteiger partial charge in [0.2, 0.25) is 0 Å². The molecular weight excluding hydrogens is 424 g/mol. The maximum atomic E-state index is 11.9. The van der Waals surface area contributed by atoms with E-state index in [9.17, 15) is 9.59 Å². The maximum absolute atomic E-state index is 11.9. The minimum atomic E-state index is -0.175. The summed E-state index contributed by atoms with van der Waals surface area (Å²) in [5, 5.41) is 0. The molecule has 0 aliphatic carbocycles. The van der Waals surface area contributed by atoms with Gasteiger partial charge in [-0.1, -0.05) is 97.1 Å². The summed E-state index contributed by atoms with van der Waals surface area (Å²) in [6.07, 6.45) is 1.44. The van der Waals surface area contributed by atoms with Gasteiger partial charge in [-0.2, -0.15) is 0 Å². The molecule has 4 aromatic carbocycles. The van der Waals surface area contributed by atoms with Crippen molar-refractivity contribution in [3.63, 3.8) is 0 Å². The SMILES string of the molecule is O=C1Oc2ccccc2CC1c1ccccc1.O=C1Oc2ccccc2CC1c1ccccc1.